The Hall–Kier alpha value is -0.890. The SMILES string of the molecule is COc1ccc(S(=O)(=O)NC2CNCCC2C)cn1.Cl. The molecule has 1 saturated heterocycles. The van der Waals surface area contributed by atoms with E-state index in [0.29, 0.717) is 18.3 Å². The van der Waals surface area contributed by atoms with Crippen molar-refractivity contribution >= 4 is 22.4 Å². The zero-order chi connectivity index (χ0) is 13.9. The lowest BCUT2D eigenvalue weighted by Gasteiger charge is -2.29. The molecule has 2 unspecified atom stereocenters. The van der Waals surface area contributed by atoms with Crippen LogP contribution in [0.15, 0.2) is 23.2 Å². The van der Waals surface area contributed by atoms with Crippen LogP contribution in [0.25, 0.3) is 0 Å². The topological polar surface area (TPSA) is 80.3 Å². The summed E-state index contributed by atoms with van der Waals surface area (Å²) in [6.45, 7) is 3.65. The fourth-order valence-corrected chi connectivity index (χ4v) is 3.35. The molecule has 20 heavy (non-hydrogen) atoms. The number of rotatable bonds is 4. The Morgan fingerprint density at radius 2 is 2.20 bits per heavy atom. The van der Waals surface area contributed by atoms with Crippen LogP contribution in [0.1, 0.15) is 13.3 Å². The maximum Gasteiger partial charge on any atom is 0.242 e. The number of nitrogens with zero attached hydrogens (tertiary/aromatic N) is 1. The highest BCUT2D eigenvalue weighted by atomic mass is 35.5. The van der Waals surface area contributed by atoms with Gasteiger partial charge in [-0.3, -0.25) is 0 Å². The van der Waals surface area contributed by atoms with Gasteiger partial charge in [0, 0.05) is 18.7 Å². The second-order valence-corrected chi connectivity index (χ2v) is 6.45. The highest BCUT2D eigenvalue weighted by molar-refractivity contribution is 7.89. The normalized spacial score (nSPS) is 22.9. The molecule has 0 bridgehead atoms. The number of halogens is 1. The molecular formula is C12H20ClN3O3S. The van der Waals surface area contributed by atoms with Crippen LogP contribution in [0.3, 0.4) is 0 Å². The summed E-state index contributed by atoms with van der Waals surface area (Å²) in [6, 6.07) is 2.95. The number of pyridine rings is 1. The molecule has 0 aliphatic carbocycles. The second kappa shape index (κ2) is 7.21. The summed E-state index contributed by atoms with van der Waals surface area (Å²) in [6.07, 6.45) is 2.27. The smallest absolute Gasteiger partial charge is 0.242 e. The summed E-state index contributed by atoms with van der Waals surface area (Å²) in [5, 5.41) is 3.19. The fourth-order valence-electron chi connectivity index (χ4n) is 2.06. The van der Waals surface area contributed by atoms with Gasteiger partial charge in [-0.1, -0.05) is 6.92 Å². The first-order valence-corrected chi connectivity index (χ1v) is 7.74. The van der Waals surface area contributed by atoms with Gasteiger partial charge in [0.2, 0.25) is 15.9 Å². The number of ether oxygens (including phenoxy) is 1. The van der Waals surface area contributed by atoms with Crippen molar-refractivity contribution in [3.63, 3.8) is 0 Å². The highest BCUT2D eigenvalue weighted by Gasteiger charge is 2.26. The van der Waals surface area contributed by atoms with Gasteiger partial charge in [0.25, 0.3) is 0 Å². The first kappa shape index (κ1) is 17.2. The molecule has 1 aliphatic heterocycles. The molecule has 1 aliphatic rings. The molecule has 8 heteroatoms. The molecule has 0 spiro atoms. The summed E-state index contributed by atoms with van der Waals surface area (Å²) >= 11 is 0. The molecule has 1 aromatic rings. The van der Waals surface area contributed by atoms with Gasteiger partial charge in [-0.15, -0.1) is 12.4 Å². The van der Waals surface area contributed by atoms with Crippen molar-refractivity contribution in [2.45, 2.75) is 24.3 Å². The molecule has 6 nitrogen and oxygen atoms in total. The van der Waals surface area contributed by atoms with Crippen molar-refractivity contribution in [3.05, 3.63) is 18.3 Å². The Balaban J connectivity index is 0.00000200. The van der Waals surface area contributed by atoms with Crippen molar-refractivity contribution in [1.29, 1.82) is 0 Å². The van der Waals surface area contributed by atoms with E-state index in [0.717, 1.165) is 13.0 Å². The van der Waals surface area contributed by atoms with Crippen LogP contribution in [0.4, 0.5) is 0 Å². The molecule has 1 fully saturated rings. The van der Waals surface area contributed by atoms with E-state index in [4.69, 9.17) is 4.74 Å². The lowest BCUT2D eigenvalue weighted by molar-refractivity contribution is 0.327. The van der Waals surface area contributed by atoms with Crippen LogP contribution in [0.5, 0.6) is 5.88 Å². The molecular weight excluding hydrogens is 302 g/mol. The maximum atomic E-state index is 12.2. The van der Waals surface area contributed by atoms with Crippen molar-refractivity contribution in [2.24, 2.45) is 5.92 Å². The van der Waals surface area contributed by atoms with Gasteiger partial charge < -0.3 is 10.1 Å². The monoisotopic (exact) mass is 321 g/mol. The summed E-state index contributed by atoms with van der Waals surface area (Å²) in [4.78, 5) is 4.08. The number of methoxy groups -OCH3 is 1. The quantitative estimate of drug-likeness (QED) is 0.857. The summed E-state index contributed by atoms with van der Waals surface area (Å²) in [7, 11) is -2.04. The second-order valence-electron chi connectivity index (χ2n) is 4.73. The Bertz CT molecular complexity index is 521. The van der Waals surface area contributed by atoms with Crippen molar-refractivity contribution in [1.82, 2.24) is 15.0 Å². The summed E-state index contributed by atoms with van der Waals surface area (Å²) in [5.41, 5.74) is 0. The molecule has 2 N–H and O–H groups in total. The number of aromatic nitrogens is 1. The third-order valence-electron chi connectivity index (χ3n) is 3.36. The largest absolute Gasteiger partial charge is 0.481 e. The minimum absolute atomic E-state index is 0. The fraction of sp³-hybridized carbons (Fsp3) is 0.583. The third kappa shape index (κ3) is 4.05. The van der Waals surface area contributed by atoms with E-state index in [1.165, 1.54) is 25.4 Å². The predicted molar refractivity (Wildman–Crippen MR) is 78.8 cm³/mol. The Labute approximate surface area is 125 Å². The Morgan fingerprint density at radius 3 is 2.75 bits per heavy atom. The van der Waals surface area contributed by atoms with Gasteiger partial charge in [-0.25, -0.2) is 18.1 Å². The molecule has 0 saturated carbocycles. The van der Waals surface area contributed by atoms with Crippen molar-refractivity contribution < 1.29 is 13.2 Å². The molecule has 2 atom stereocenters. The first-order chi connectivity index (χ1) is 9.03. The lowest BCUT2D eigenvalue weighted by Crippen LogP contribution is -2.50. The molecule has 0 amide bonds. The molecule has 0 aromatic carbocycles. The van der Waals surface area contributed by atoms with Crippen LogP contribution in [0, 0.1) is 5.92 Å². The van der Waals surface area contributed by atoms with Gasteiger partial charge >= 0.3 is 0 Å². The van der Waals surface area contributed by atoms with Crippen LogP contribution >= 0.6 is 12.4 Å². The average Bonchev–Trinajstić information content (AvgIpc) is 2.41. The number of hydrogen-bond acceptors (Lipinski definition) is 5. The summed E-state index contributed by atoms with van der Waals surface area (Å²) < 4.78 is 32.1. The van der Waals surface area contributed by atoms with E-state index in [1.807, 2.05) is 0 Å². The van der Waals surface area contributed by atoms with Crippen LogP contribution < -0.4 is 14.8 Å². The molecule has 2 rings (SSSR count). The predicted octanol–water partition coefficient (Wildman–Crippen LogP) is 0.788. The van der Waals surface area contributed by atoms with Crippen LogP contribution in [-0.4, -0.2) is 39.6 Å². The lowest BCUT2D eigenvalue weighted by atomic mass is 9.96. The van der Waals surface area contributed by atoms with E-state index in [9.17, 15) is 8.42 Å². The minimum atomic E-state index is -3.53. The van der Waals surface area contributed by atoms with Gasteiger partial charge in [0.1, 0.15) is 4.90 Å². The van der Waals surface area contributed by atoms with Crippen LogP contribution in [-0.2, 0) is 10.0 Å². The van der Waals surface area contributed by atoms with Gasteiger partial charge in [0.15, 0.2) is 0 Å². The van der Waals surface area contributed by atoms with Crippen molar-refractivity contribution in [3.8, 4) is 5.88 Å². The third-order valence-corrected chi connectivity index (χ3v) is 4.84. The highest BCUT2D eigenvalue weighted by Crippen LogP contribution is 2.16. The molecule has 1 aromatic heterocycles. The minimum Gasteiger partial charge on any atom is -0.481 e. The average molecular weight is 322 g/mol. The van der Waals surface area contributed by atoms with Gasteiger partial charge in [-0.2, -0.15) is 0 Å². The number of sulfonamides is 1. The van der Waals surface area contributed by atoms with E-state index >= 15 is 0 Å². The molecule has 114 valence electrons. The first-order valence-electron chi connectivity index (χ1n) is 6.26. The number of nitrogens with one attached hydrogen (secondary N) is 2. The molecule has 2 heterocycles. The van der Waals surface area contributed by atoms with Gasteiger partial charge in [0.05, 0.1) is 13.3 Å². The Kier molecular flexibility index (Phi) is 6.19. The maximum absolute atomic E-state index is 12.2. The zero-order valence-corrected chi connectivity index (χ0v) is 13.1. The standard InChI is InChI=1S/C12H19N3O3S.ClH/c1-9-5-6-13-8-11(9)15-19(16,17)10-3-4-12(18-2)14-7-10;/h3-4,7,9,11,13,15H,5-6,8H2,1-2H3;1H. The van der Waals surface area contributed by atoms with Crippen LogP contribution in [0.2, 0.25) is 0 Å². The van der Waals surface area contributed by atoms with E-state index in [2.05, 4.69) is 21.9 Å². The van der Waals surface area contributed by atoms with E-state index in [1.54, 1.807) is 0 Å². The van der Waals surface area contributed by atoms with Crippen molar-refractivity contribution in [2.75, 3.05) is 20.2 Å². The molecule has 0 radical (unpaired) electrons. The van der Waals surface area contributed by atoms with E-state index < -0.39 is 10.0 Å². The van der Waals surface area contributed by atoms with Gasteiger partial charge in [-0.05, 0) is 24.9 Å². The van der Waals surface area contributed by atoms with E-state index in [-0.39, 0.29) is 23.3 Å². The zero-order valence-electron chi connectivity index (χ0n) is 11.5. The Morgan fingerprint density at radius 1 is 1.45 bits per heavy atom. The number of hydrogen-bond donors (Lipinski definition) is 2. The number of piperidine rings is 1. The summed E-state index contributed by atoms with van der Waals surface area (Å²) in [5.74, 6) is 0.717.